The van der Waals surface area contributed by atoms with Crippen LogP contribution in [0.3, 0.4) is 0 Å². The van der Waals surface area contributed by atoms with Gasteiger partial charge in [-0.2, -0.15) is 0 Å². The maximum Gasteiger partial charge on any atom is 0.264 e. The number of carbonyl (C=O) groups excluding carboxylic acids is 1. The van der Waals surface area contributed by atoms with Crippen molar-refractivity contribution in [1.29, 1.82) is 0 Å². The van der Waals surface area contributed by atoms with Gasteiger partial charge in [0, 0.05) is 29.5 Å². The van der Waals surface area contributed by atoms with E-state index >= 15 is 0 Å². The first-order valence-electron chi connectivity index (χ1n) is 8.98. The molecule has 1 aromatic carbocycles. The monoisotopic (exact) mass is 409 g/mol. The smallest absolute Gasteiger partial charge is 0.264 e. The molecule has 2 aromatic rings. The minimum atomic E-state index is -3.94. The van der Waals surface area contributed by atoms with E-state index in [0.717, 1.165) is 19.3 Å². The average Bonchev–Trinajstić information content (AvgIpc) is 2.92. The van der Waals surface area contributed by atoms with Crippen molar-refractivity contribution in [2.24, 2.45) is 0 Å². The number of halogens is 1. The number of hydrogen-bond acceptors (Lipinski definition) is 3. The molecule has 3 rings (SSSR count). The highest BCUT2D eigenvalue weighted by Crippen LogP contribution is 2.29. The summed E-state index contributed by atoms with van der Waals surface area (Å²) in [5, 5.41) is 0.532. The highest BCUT2D eigenvalue weighted by atomic mass is 35.5. The zero-order chi connectivity index (χ0) is 19.8. The lowest BCUT2D eigenvalue weighted by molar-refractivity contribution is 0.0720. The number of H-pyrrole nitrogens is 1. The normalized spacial score (nSPS) is 15.0. The third kappa shape index (κ3) is 3.99. The van der Waals surface area contributed by atoms with E-state index < -0.39 is 10.0 Å². The molecule has 8 heteroatoms. The summed E-state index contributed by atoms with van der Waals surface area (Å²) in [5.74, 6) is -0.232. The maximum absolute atomic E-state index is 13.1. The molecule has 146 valence electrons. The Hall–Kier alpha value is -1.99. The molecule has 0 unspecified atom stereocenters. The molecule has 2 heterocycles. The molecular formula is C19H24ClN3O3S. The van der Waals surface area contributed by atoms with Crippen LogP contribution in [0.1, 0.15) is 46.6 Å². The third-order valence-electron chi connectivity index (χ3n) is 4.88. The van der Waals surface area contributed by atoms with E-state index in [2.05, 4.69) is 9.71 Å². The molecule has 6 nitrogen and oxygen atoms in total. The Morgan fingerprint density at radius 1 is 1.11 bits per heavy atom. The molecule has 1 aromatic heterocycles. The number of piperidine rings is 1. The second-order valence-electron chi connectivity index (χ2n) is 7.00. The number of nitrogens with one attached hydrogen (secondary N) is 2. The molecule has 1 amide bonds. The summed E-state index contributed by atoms with van der Waals surface area (Å²) in [5.41, 5.74) is 2.39. The predicted octanol–water partition coefficient (Wildman–Crippen LogP) is 4.02. The molecular weight excluding hydrogens is 386 g/mol. The van der Waals surface area contributed by atoms with Crippen LogP contribution in [0, 0.1) is 20.8 Å². The standard InChI is InChI=1S/C19H24ClN3O3S/c1-12-11-15(20)7-8-16(12)22-27(25,26)18-14(3)21-13(2)17(18)19(24)23-9-5-4-6-10-23/h7-8,11,21-22H,4-6,9-10H2,1-3H3. The van der Waals surface area contributed by atoms with E-state index in [1.807, 2.05) is 0 Å². The zero-order valence-electron chi connectivity index (χ0n) is 15.7. The number of anilines is 1. The van der Waals surface area contributed by atoms with Crippen molar-refractivity contribution in [3.63, 3.8) is 0 Å². The van der Waals surface area contributed by atoms with Crippen LogP contribution in [0.2, 0.25) is 5.02 Å². The first kappa shape index (κ1) is 19.8. The molecule has 0 atom stereocenters. The summed E-state index contributed by atoms with van der Waals surface area (Å²) in [6.45, 7) is 6.50. The second kappa shape index (κ2) is 7.56. The maximum atomic E-state index is 13.1. The van der Waals surface area contributed by atoms with Gasteiger partial charge in [0.25, 0.3) is 15.9 Å². The number of likely N-dealkylation sites (tertiary alicyclic amines) is 1. The highest BCUT2D eigenvalue weighted by molar-refractivity contribution is 7.92. The van der Waals surface area contributed by atoms with Crippen molar-refractivity contribution < 1.29 is 13.2 Å². The quantitative estimate of drug-likeness (QED) is 0.799. The Balaban J connectivity index is 2.01. The number of aryl methyl sites for hydroxylation is 3. The zero-order valence-corrected chi connectivity index (χ0v) is 17.3. The number of rotatable bonds is 4. The Labute approximate surface area is 165 Å². The van der Waals surface area contributed by atoms with Gasteiger partial charge in [-0.25, -0.2) is 8.42 Å². The number of nitrogens with zero attached hydrogens (tertiary/aromatic N) is 1. The van der Waals surface area contributed by atoms with E-state index in [4.69, 9.17) is 11.6 Å². The van der Waals surface area contributed by atoms with Crippen molar-refractivity contribution in [2.75, 3.05) is 17.8 Å². The van der Waals surface area contributed by atoms with Gasteiger partial charge >= 0.3 is 0 Å². The average molecular weight is 410 g/mol. The third-order valence-corrected chi connectivity index (χ3v) is 6.65. The van der Waals surface area contributed by atoms with Crippen LogP contribution in [-0.4, -0.2) is 37.3 Å². The van der Waals surface area contributed by atoms with Crippen molar-refractivity contribution in [2.45, 2.75) is 44.9 Å². The summed E-state index contributed by atoms with van der Waals surface area (Å²) < 4.78 is 28.9. The van der Waals surface area contributed by atoms with Crippen LogP contribution < -0.4 is 4.72 Å². The minimum absolute atomic E-state index is 0.0184. The van der Waals surface area contributed by atoms with Gasteiger partial charge in [-0.1, -0.05) is 11.6 Å². The summed E-state index contributed by atoms with van der Waals surface area (Å²) in [7, 11) is -3.94. The summed E-state index contributed by atoms with van der Waals surface area (Å²) in [6, 6.07) is 4.94. The fourth-order valence-corrected chi connectivity index (χ4v) is 5.35. The summed E-state index contributed by atoms with van der Waals surface area (Å²) in [6.07, 6.45) is 2.98. The number of hydrogen-bond donors (Lipinski definition) is 2. The summed E-state index contributed by atoms with van der Waals surface area (Å²) >= 11 is 5.95. The van der Waals surface area contributed by atoms with Crippen LogP contribution >= 0.6 is 11.6 Å². The fraction of sp³-hybridized carbons (Fsp3) is 0.421. The van der Waals surface area contributed by atoms with Gasteiger partial charge in [-0.3, -0.25) is 9.52 Å². The minimum Gasteiger partial charge on any atom is -0.361 e. The molecule has 0 spiro atoms. The molecule has 2 N–H and O–H groups in total. The topological polar surface area (TPSA) is 82.3 Å². The van der Waals surface area contributed by atoms with Crippen molar-refractivity contribution in [3.8, 4) is 0 Å². The Morgan fingerprint density at radius 2 is 1.78 bits per heavy atom. The first-order chi connectivity index (χ1) is 12.7. The first-order valence-corrected chi connectivity index (χ1v) is 10.8. The predicted molar refractivity (Wildman–Crippen MR) is 107 cm³/mol. The largest absolute Gasteiger partial charge is 0.361 e. The lowest BCUT2D eigenvalue weighted by Gasteiger charge is -2.27. The van der Waals surface area contributed by atoms with Gasteiger partial charge < -0.3 is 9.88 Å². The van der Waals surface area contributed by atoms with Crippen molar-refractivity contribution in [1.82, 2.24) is 9.88 Å². The van der Waals surface area contributed by atoms with Crippen molar-refractivity contribution in [3.05, 3.63) is 45.7 Å². The SMILES string of the molecule is Cc1cc(Cl)ccc1NS(=O)(=O)c1c(C)[nH]c(C)c1C(=O)N1CCCCC1. The van der Waals surface area contributed by atoms with Crippen LogP contribution in [0.5, 0.6) is 0 Å². The Bertz CT molecular complexity index is 976. The molecule has 27 heavy (non-hydrogen) atoms. The lowest BCUT2D eigenvalue weighted by atomic mass is 10.1. The number of sulfonamides is 1. The van der Waals surface area contributed by atoms with Gasteiger partial charge in [-0.05, 0) is 63.8 Å². The van der Waals surface area contributed by atoms with Crippen LogP contribution in [0.15, 0.2) is 23.1 Å². The highest BCUT2D eigenvalue weighted by Gasteiger charge is 2.32. The molecule has 1 fully saturated rings. The number of amides is 1. The molecule has 0 saturated carbocycles. The fourth-order valence-electron chi connectivity index (χ4n) is 3.54. The van der Waals surface area contributed by atoms with E-state index in [0.29, 0.717) is 40.8 Å². The van der Waals surface area contributed by atoms with Gasteiger partial charge in [-0.15, -0.1) is 0 Å². The Kier molecular flexibility index (Phi) is 5.53. The number of carbonyl (C=O) groups is 1. The molecule has 0 aliphatic carbocycles. The molecule has 0 bridgehead atoms. The summed E-state index contributed by atoms with van der Waals surface area (Å²) in [4.78, 5) is 17.8. The van der Waals surface area contributed by atoms with Crippen LogP contribution in [-0.2, 0) is 10.0 Å². The van der Waals surface area contributed by atoms with Gasteiger partial charge in [0.1, 0.15) is 4.90 Å². The van der Waals surface area contributed by atoms with Crippen molar-refractivity contribution >= 4 is 33.2 Å². The molecule has 1 saturated heterocycles. The van der Waals surface area contributed by atoms with Gasteiger partial charge in [0.05, 0.1) is 11.3 Å². The van der Waals surface area contributed by atoms with Crippen LogP contribution in [0.25, 0.3) is 0 Å². The van der Waals surface area contributed by atoms with Gasteiger partial charge in [0.15, 0.2) is 0 Å². The molecule has 1 aliphatic heterocycles. The number of benzene rings is 1. The molecule has 0 radical (unpaired) electrons. The van der Waals surface area contributed by atoms with Gasteiger partial charge in [0.2, 0.25) is 0 Å². The number of aromatic amines is 1. The van der Waals surface area contributed by atoms with E-state index in [1.165, 1.54) is 0 Å². The Morgan fingerprint density at radius 3 is 2.41 bits per heavy atom. The van der Waals surface area contributed by atoms with E-state index in [-0.39, 0.29) is 16.4 Å². The van der Waals surface area contributed by atoms with Crippen LogP contribution in [0.4, 0.5) is 5.69 Å². The lowest BCUT2D eigenvalue weighted by Crippen LogP contribution is -2.36. The van der Waals surface area contributed by atoms with E-state index in [9.17, 15) is 13.2 Å². The van der Waals surface area contributed by atoms with E-state index in [1.54, 1.807) is 43.9 Å². The number of aromatic nitrogens is 1. The second-order valence-corrected chi connectivity index (χ2v) is 9.05. The molecule has 1 aliphatic rings.